The lowest BCUT2D eigenvalue weighted by molar-refractivity contribution is -0.276. The third kappa shape index (κ3) is 4.93. The lowest BCUT2D eigenvalue weighted by Gasteiger charge is -2.44. The predicted octanol–water partition coefficient (Wildman–Crippen LogP) is 4.95. The van der Waals surface area contributed by atoms with Gasteiger partial charge in [-0.1, -0.05) is 29.4 Å². The molecule has 38 heavy (non-hydrogen) atoms. The Hall–Kier alpha value is -2.94. The van der Waals surface area contributed by atoms with Gasteiger partial charge in [0.25, 0.3) is 11.5 Å². The molecule has 0 radical (unpaired) electrons. The topological polar surface area (TPSA) is 65.0 Å². The Bertz CT molecular complexity index is 1270. The van der Waals surface area contributed by atoms with Gasteiger partial charge in [-0.05, 0) is 34.4 Å². The minimum atomic E-state index is -5.48. The molecule has 15 heteroatoms. The summed E-state index contributed by atoms with van der Waals surface area (Å²) < 4.78 is 136. The Morgan fingerprint density at radius 3 is 2.21 bits per heavy atom. The molecule has 2 heterocycles. The highest BCUT2D eigenvalue weighted by Crippen LogP contribution is 2.50. The molecule has 206 valence electrons. The summed E-state index contributed by atoms with van der Waals surface area (Å²) in [6.07, 6.45) is -10.7. The molecule has 0 bridgehead atoms. The molecule has 2 aliphatic rings. The van der Waals surface area contributed by atoms with Crippen molar-refractivity contribution >= 4 is 22.8 Å². The van der Waals surface area contributed by atoms with Gasteiger partial charge in [-0.25, -0.2) is 13.2 Å². The minimum absolute atomic E-state index is 0.00994. The monoisotopic (exact) mass is 572 g/mol. The van der Waals surface area contributed by atoms with E-state index in [4.69, 9.17) is 0 Å². The van der Waals surface area contributed by atoms with Crippen molar-refractivity contribution in [1.82, 2.24) is 4.90 Å². The van der Waals surface area contributed by atoms with E-state index in [1.165, 1.54) is 35.4 Å². The molecule has 1 saturated heterocycles. The van der Waals surface area contributed by atoms with Crippen LogP contribution in [0.25, 0.3) is 0 Å². The van der Waals surface area contributed by atoms with Crippen molar-refractivity contribution in [2.75, 3.05) is 25.1 Å². The Labute approximate surface area is 212 Å². The van der Waals surface area contributed by atoms with Crippen LogP contribution in [0.15, 0.2) is 41.6 Å². The van der Waals surface area contributed by atoms with E-state index in [9.17, 15) is 44.5 Å². The number of hydrogen-bond donors (Lipinski definition) is 0. The lowest BCUT2D eigenvalue weighted by atomic mass is 9.84. The van der Waals surface area contributed by atoms with E-state index in [0.29, 0.717) is 0 Å². The van der Waals surface area contributed by atoms with E-state index in [0.717, 1.165) is 0 Å². The van der Waals surface area contributed by atoms with Crippen LogP contribution in [0.5, 0.6) is 0 Å². The maximum atomic E-state index is 15.2. The number of alkyl halides is 7. The van der Waals surface area contributed by atoms with Crippen LogP contribution in [0.1, 0.15) is 28.7 Å². The van der Waals surface area contributed by atoms with Gasteiger partial charge in [-0.3, -0.25) is 4.79 Å². The number of oxime groups is 1. The Kier molecular flexibility index (Phi) is 6.92. The molecule has 2 aromatic carbocycles. The van der Waals surface area contributed by atoms with Crippen LogP contribution < -0.4 is 0 Å². The second kappa shape index (κ2) is 9.36. The minimum Gasteiger partial charge on any atom is -0.616 e. The van der Waals surface area contributed by atoms with Crippen LogP contribution in [-0.4, -0.2) is 52.3 Å². The number of benzene rings is 2. The van der Waals surface area contributed by atoms with Gasteiger partial charge >= 0.3 is 12.4 Å². The maximum Gasteiger partial charge on any atom is 0.435 e. The highest BCUT2D eigenvalue weighted by Gasteiger charge is 2.63. The molecular formula is C23H17F9N2O3S. The smallest absolute Gasteiger partial charge is 0.435 e. The Morgan fingerprint density at radius 1 is 1.08 bits per heavy atom. The number of likely N-dealkylation sites (tertiary alicyclic amines) is 1. The molecule has 5 nitrogen and oxygen atoms in total. The van der Waals surface area contributed by atoms with Crippen molar-refractivity contribution < 1.29 is 53.7 Å². The molecule has 2 unspecified atom stereocenters. The summed E-state index contributed by atoms with van der Waals surface area (Å²) in [5, 5.41) is 3.36. The van der Waals surface area contributed by atoms with Gasteiger partial charge in [-0.2, -0.15) is 26.3 Å². The van der Waals surface area contributed by atoms with Gasteiger partial charge in [0.1, 0.15) is 0 Å². The zero-order valence-corrected chi connectivity index (χ0v) is 20.0. The third-order valence-corrected chi connectivity index (χ3v) is 6.94. The number of amides is 1. The van der Waals surface area contributed by atoms with Crippen molar-refractivity contribution in [2.24, 2.45) is 5.16 Å². The molecule has 0 aliphatic carbocycles. The average Bonchev–Trinajstić information content (AvgIpc) is 3.24. The highest BCUT2D eigenvalue weighted by molar-refractivity contribution is 7.91. The Morgan fingerprint density at radius 2 is 1.68 bits per heavy atom. The first-order valence-corrected chi connectivity index (χ1v) is 12.5. The van der Waals surface area contributed by atoms with Crippen molar-refractivity contribution in [3.05, 3.63) is 70.3 Å². The number of hydrogen-bond acceptors (Lipinski definition) is 4. The van der Waals surface area contributed by atoms with E-state index in [2.05, 4.69) is 9.99 Å². The average molecular weight is 572 g/mol. The van der Waals surface area contributed by atoms with Gasteiger partial charge in [0, 0.05) is 12.0 Å². The molecule has 0 saturated carbocycles. The van der Waals surface area contributed by atoms with E-state index in [-0.39, 0.29) is 47.8 Å². The van der Waals surface area contributed by atoms with Crippen LogP contribution in [0.2, 0.25) is 0 Å². The first-order chi connectivity index (χ1) is 17.5. The van der Waals surface area contributed by atoms with Crippen LogP contribution >= 0.6 is 0 Å². The molecule has 1 fully saturated rings. The summed E-state index contributed by atoms with van der Waals surface area (Å²) in [6.45, 7) is -0.636. The van der Waals surface area contributed by atoms with Crippen molar-refractivity contribution in [3.63, 3.8) is 0 Å². The van der Waals surface area contributed by atoms with E-state index >= 15 is 4.39 Å². The van der Waals surface area contributed by atoms with Crippen LogP contribution in [0.4, 0.5) is 39.5 Å². The quantitative estimate of drug-likeness (QED) is 0.376. The number of rotatable bonds is 5. The fraction of sp³-hybridized carbons (Fsp3) is 0.391. The number of carbonyl (C=O) groups is 1. The summed E-state index contributed by atoms with van der Waals surface area (Å²) in [7, 11) is 0. The van der Waals surface area contributed by atoms with Gasteiger partial charge in [0.15, 0.2) is 23.1 Å². The maximum absolute atomic E-state index is 15.2. The Balaban J connectivity index is 1.57. The van der Waals surface area contributed by atoms with Crippen molar-refractivity contribution in [2.45, 2.75) is 30.0 Å². The molecule has 0 N–H and O–H groups in total. The van der Waals surface area contributed by atoms with Crippen LogP contribution in [-0.2, 0) is 38.3 Å². The molecule has 0 spiro atoms. The first-order valence-electron chi connectivity index (χ1n) is 10.7. The van der Waals surface area contributed by atoms with Crippen molar-refractivity contribution in [1.29, 1.82) is 0 Å². The summed E-state index contributed by atoms with van der Waals surface area (Å²) in [5.74, 6) is -5.26. The number of nitrogens with zero attached hydrogens (tertiary/aromatic N) is 2. The van der Waals surface area contributed by atoms with Gasteiger partial charge < -0.3 is 14.3 Å². The summed E-state index contributed by atoms with van der Waals surface area (Å²) in [6, 6.07) is 4.71. The molecule has 1 amide bonds. The summed E-state index contributed by atoms with van der Waals surface area (Å²) in [4.78, 5) is 17.6. The van der Waals surface area contributed by atoms with Gasteiger partial charge in [0.2, 0.25) is 0 Å². The second-order valence-electron chi connectivity index (χ2n) is 8.96. The lowest BCUT2D eigenvalue weighted by Crippen LogP contribution is -2.59. The molecule has 2 aliphatic heterocycles. The fourth-order valence-corrected chi connectivity index (χ4v) is 4.76. The zero-order chi connectivity index (χ0) is 28.3. The molecule has 2 atom stereocenters. The summed E-state index contributed by atoms with van der Waals surface area (Å²) >= 11 is -1.41. The standard InChI is InChI=1S/C23H17F9N2O3S/c1-38(36)9-18(35)34-10-20(26,11-34)13-4-2-12(3-5-13)17-8-21(37-33-17,23(30,31)32)14-6-15(22(27,28)29)19(25)16(24)7-14/h2-7H,8-11H2,1H3. The van der Waals surface area contributed by atoms with Crippen molar-refractivity contribution in [3.8, 4) is 0 Å². The number of carbonyl (C=O) groups excluding carboxylic acids is 1. The molecule has 0 aromatic heterocycles. The van der Waals surface area contributed by atoms with Crippen LogP contribution in [0, 0.1) is 11.6 Å². The normalized spacial score (nSPS) is 22.0. The fourth-order valence-electron chi connectivity index (χ4n) is 4.23. The largest absolute Gasteiger partial charge is 0.616 e. The summed E-state index contributed by atoms with van der Waals surface area (Å²) in [5.41, 5.74) is -9.32. The van der Waals surface area contributed by atoms with Crippen LogP contribution in [0.3, 0.4) is 0 Å². The molecule has 4 rings (SSSR count). The van der Waals surface area contributed by atoms with E-state index in [1.807, 2.05) is 0 Å². The van der Waals surface area contributed by atoms with E-state index < -0.39 is 69.9 Å². The first kappa shape index (κ1) is 28.1. The molecule has 2 aromatic rings. The molecular weight excluding hydrogens is 555 g/mol. The van der Waals surface area contributed by atoms with E-state index in [1.54, 1.807) is 0 Å². The third-order valence-electron chi connectivity index (χ3n) is 6.28. The number of halogens is 9. The van der Waals surface area contributed by atoms with Gasteiger partial charge in [-0.15, -0.1) is 0 Å². The second-order valence-corrected chi connectivity index (χ2v) is 10.4. The van der Waals surface area contributed by atoms with Gasteiger partial charge in [0.05, 0.1) is 30.6 Å². The highest BCUT2D eigenvalue weighted by atomic mass is 32.2. The zero-order valence-electron chi connectivity index (χ0n) is 19.2. The SMILES string of the molecule is C[S+]([O-])CC(=O)N1CC(F)(c2ccc(C3=NOC(c4cc(F)c(F)c(C(F)(F)F)c4)(C(F)(F)F)C3)cc2)C1. The predicted molar refractivity (Wildman–Crippen MR) is 116 cm³/mol.